The van der Waals surface area contributed by atoms with Gasteiger partial charge < -0.3 is 4.74 Å². The van der Waals surface area contributed by atoms with Crippen molar-refractivity contribution in [3.63, 3.8) is 0 Å². The molecule has 0 unspecified atom stereocenters. The molecule has 0 N–H and O–H groups in total. The number of hydrogen-bond donors (Lipinski definition) is 0. The number of carbonyl (C=O) groups excluding carboxylic acids is 3. The van der Waals surface area contributed by atoms with Gasteiger partial charge in [0.15, 0.2) is 5.12 Å². The number of thioether (sulfide) groups is 1. The zero-order valence-electron chi connectivity index (χ0n) is 16.8. The fraction of sp³-hybridized carbons (Fsp3) is 0.550. The number of methoxy groups -OCH3 is 1. The predicted molar refractivity (Wildman–Crippen MR) is 111 cm³/mol. The Morgan fingerprint density at radius 3 is 2.30 bits per heavy atom. The average molecular weight is 414 g/mol. The number of anilines is 1. The number of nitrogens with zero attached hydrogens (tertiary/aromatic N) is 1. The molecule has 0 fully saturated rings. The number of benzene rings is 1. The van der Waals surface area contributed by atoms with Crippen LogP contribution in [-0.4, -0.2) is 35.9 Å². The van der Waals surface area contributed by atoms with Crippen LogP contribution < -0.4 is 4.90 Å². The van der Waals surface area contributed by atoms with Crippen molar-refractivity contribution in [1.82, 2.24) is 0 Å². The Bertz CT molecular complexity index is 703. The number of ether oxygens (including phenoxy) is 1. The van der Waals surface area contributed by atoms with Crippen LogP contribution in [0.2, 0.25) is 5.02 Å². The van der Waals surface area contributed by atoms with Crippen molar-refractivity contribution >= 4 is 46.0 Å². The summed E-state index contributed by atoms with van der Waals surface area (Å²) in [5.74, 6) is -0.963. The molecule has 1 aromatic rings. The molecule has 0 heterocycles. The number of hydrogen-bond acceptors (Lipinski definition) is 5. The summed E-state index contributed by atoms with van der Waals surface area (Å²) in [6.45, 7) is 9.18. The molecule has 0 bridgehead atoms. The zero-order valence-corrected chi connectivity index (χ0v) is 18.4. The fourth-order valence-electron chi connectivity index (χ4n) is 2.93. The van der Waals surface area contributed by atoms with Crippen molar-refractivity contribution in [2.75, 3.05) is 17.8 Å². The third-order valence-corrected chi connectivity index (χ3v) is 6.08. The van der Waals surface area contributed by atoms with Crippen LogP contribution in [-0.2, 0) is 19.1 Å². The van der Waals surface area contributed by atoms with Gasteiger partial charge in [-0.15, -0.1) is 0 Å². The molecule has 1 aromatic carbocycles. The van der Waals surface area contributed by atoms with E-state index in [0.717, 1.165) is 30.2 Å². The van der Waals surface area contributed by atoms with Gasteiger partial charge in [-0.25, -0.2) is 4.79 Å². The van der Waals surface area contributed by atoms with Crippen molar-refractivity contribution < 1.29 is 19.1 Å². The Hall–Kier alpha value is -1.53. The first kappa shape index (κ1) is 23.5. The minimum absolute atomic E-state index is 0.00133. The monoisotopic (exact) mass is 413 g/mol. The Morgan fingerprint density at radius 1 is 1.19 bits per heavy atom. The number of amides is 1. The lowest BCUT2D eigenvalue weighted by Gasteiger charge is -2.30. The van der Waals surface area contributed by atoms with E-state index in [9.17, 15) is 14.4 Å². The van der Waals surface area contributed by atoms with Crippen molar-refractivity contribution in [2.24, 2.45) is 5.92 Å². The van der Waals surface area contributed by atoms with Gasteiger partial charge in [0.25, 0.3) is 0 Å². The molecule has 0 aliphatic heterocycles. The van der Waals surface area contributed by atoms with E-state index in [1.165, 1.54) is 12.0 Å². The highest BCUT2D eigenvalue weighted by atomic mass is 35.5. The van der Waals surface area contributed by atoms with E-state index in [4.69, 9.17) is 16.3 Å². The summed E-state index contributed by atoms with van der Waals surface area (Å²) in [4.78, 5) is 38.9. The van der Waals surface area contributed by atoms with Gasteiger partial charge in [0.2, 0.25) is 5.91 Å². The van der Waals surface area contributed by atoms with Crippen LogP contribution in [0.4, 0.5) is 5.69 Å². The van der Waals surface area contributed by atoms with E-state index >= 15 is 0 Å². The third kappa shape index (κ3) is 5.72. The Labute approximate surface area is 170 Å². The highest BCUT2D eigenvalue weighted by Crippen LogP contribution is 2.32. The lowest BCUT2D eigenvalue weighted by atomic mass is 10.1. The van der Waals surface area contributed by atoms with Crippen molar-refractivity contribution in [1.29, 1.82) is 0 Å². The lowest BCUT2D eigenvalue weighted by molar-refractivity contribution is -0.142. The lowest BCUT2D eigenvalue weighted by Crippen LogP contribution is -2.46. The number of esters is 1. The van der Waals surface area contributed by atoms with Crippen molar-refractivity contribution in [2.45, 2.75) is 53.5 Å². The highest BCUT2D eigenvalue weighted by molar-refractivity contribution is 8.14. The molecule has 1 rings (SSSR count). The van der Waals surface area contributed by atoms with Crippen LogP contribution in [0, 0.1) is 19.8 Å². The minimum atomic E-state index is -0.831. The maximum Gasteiger partial charge on any atom is 0.328 e. The molecule has 0 aliphatic rings. The molecule has 0 radical (unpaired) electrons. The van der Waals surface area contributed by atoms with Gasteiger partial charge in [0, 0.05) is 10.9 Å². The molecule has 0 saturated heterocycles. The van der Waals surface area contributed by atoms with E-state index < -0.39 is 12.0 Å². The molecule has 0 spiro atoms. The molecule has 1 atom stereocenters. The molecular formula is C20H28ClNO4S. The second-order valence-corrected chi connectivity index (χ2v) is 7.81. The van der Waals surface area contributed by atoms with Crippen LogP contribution in [0.25, 0.3) is 0 Å². The summed E-state index contributed by atoms with van der Waals surface area (Å²) in [7, 11) is 1.28. The van der Waals surface area contributed by atoms with Gasteiger partial charge in [0.05, 0.1) is 18.6 Å². The first-order chi connectivity index (χ1) is 12.7. The van der Waals surface area contributed by atoms with Crippen molar-refractivity contribution in [3.8, 4) is 0 Å². The van der Waals surface area contributed by atoms with Crippen LogP contribution in [0.3, 0.4) is 0 Å². The number of aryl methyl sites for hydroxylation is 1. The first-order valence-electron chi connectivity index (χ1n) is 9.01. The summed E-state index contributed by atoms with van der Waals surface area (Å²) in [5.41, 5.74) is 2.11. The summed E-state index contributed by atoms with van der Waals surface area (Å²) >= 11 is 7.25. The maximum absolute atomic E-state index is 13.0. The van der Waals surface area contributed by atoms with Crippen LogP contribution in [0.1, 0.15) is 44.7 Å². The zero-order chi connectivity index (χ0) is 20.7. The Morgan fingerprint density at radius 2 is 1.78 bits per heavy atom. The summed E-state index contributed by atoms with van der Waals surface area (Å²) < 4.78 is 4.83. The molecule has 7 heteroatoms. The standard InChI is InChI=1S/C20H28ClNO4S/c1-7-15(8-2)20(25)27-11-17(23)22(14(5)19(24)26-6)18-12(3)9-10-16(21)13(18)4/h9-10,14-15H,7-8,11H2,1-6H3/t14-/m0/s1. The quantitative estimate of drug-likeness (QED) is 0.585. The Balaban J connectivity index is 3.21. The van der Waals surface area contributed by atoms with E-state index in [1.54, 1.807) is 26.0 Å². The maximum atomic E-state index is 13.0. The van der Waals surface area contributed by atoms with Gasteiger partial charge in [-0.05, 0) is 50.8 Å². The average Bonchev–Trinajstić information content (AvgIpc) is 2.66. The SMILES string of the molecule is CCC(CC)C(=O)SCC(=O)N(c1c(C)ccc(Cl)c1C)[C@@H](C)C(=O)OC. The molecule has 0 aliphatic carbocycles. The van der Waals surface area contributed by atoms with Gasteiger partial charge in [0.1, 0.15) is 6.04 Å². The van der Waals surface area contributed by atoms with E-state index in [0.29, 0.717) is 16.3 Å². The molecule has 27 heavy (non-hydrogen) atoms. The second-order valence-electron chi connectivity index (χ2n) is 6.42. The van der Waals surface area contributed by atoms with Gasteiger partial charge in [-0.1, -0.05) is 43.3 Å². The molecular weight excluding hydrogens is 386 g/mol. The largest absolute Gasteiger partial charge is 0.467 e. The smallest absolute Gasteiger partial charge is 0.328 e. The number of rotatable bonds is 8. The Kier molecular flexibility index (Phi) is 9.33. The fourth-order valence-corrected chi connectivity index (χ4v) is 4.06. The van der Waals surface area contributed by atoms with Gasteiger partial charge in [-0.2, -0.15) is 0 Å². The van der Waals surface area contributed by atoms with E-state index in [2.05, 4.69) is 0 Å². The topological polar surface area (TPSA) is 63.7 Å². The van der Waals surface area contributed by atoms with Crippen LogP contribution in [0.15, 0.2) is 12.1 Å². The van der Waals surface area contributed by atoms with Gasteiger partial charge >= 0.3 is 5.97 Å². The first-order valence-corrected chi connectivity index (χ1v) is 10.4. The third-order valence-electron chi connectivity index (χ3n) is 4.66. The van der Waals surface area contributed by atoms with Crippen LogP contribution >= 0.6 is 23.4 Å². The van der Waals surface area contributed by atoms with E-state index in [-0.39, 0.29) is 22.7 Å². The van der Waals surface area contributed by atoms with Crippen LogP contribution in [0.5, 0.6) is 0 Å². The summed E-state index contributed by atoms with van der Waals surface area (Å²) in [6.07, 6.45) is 1.48. The van der Waals surface area contributed by atoms with E-state index in [1.807, 2.05) is 20.8 Å². The molecule has 1 amide bonds. The molecule has 0 saturated carbocycles. The second kappa shape index (κ2) is 10.7. The van der Waals surface area contributed by atoms with Crippen molar-refractivity contribution in [3.05, 3.63) is 28.3 Å². The molecule has 0 aromatic heterocycles. The summed E-state index contributed by atoms with van der Waals surface area (Å²) in [5, 5.41) is 0.504. The number of carbonyl (C=O) groups is 3. The predicted octanol–water partition coefficient (Wildman–Crippen LogP) is 4.55. The minimum Gasteiger partial charge on any atom is -0.467 e. The molecule has 5 nitrogen and oxygen atoms in total. The highest BCUT2D eigenvalue weighted by Gasteiger charge is 2.31. The van der Waals surface area contributed by atoms with Gasteiger partial charge in [-0.3, -0.25) is 14.5 Å². The molecule has 150 valence electrons. The summed E-state index contributed by atoms with van der Waals surface area (Å²) in [6, 6.07) is 2.73. The number of halogens is 1. The normalized spacial score (nSPS) is 12.0.